The molecule has 1 aromatic heterocycles. The fourth-order valence-corrected chi connectivity index (χ4v) is 6.07. The van der Waals surface area contributed by atoms with Crippen LogP contribution in [-0.4, -0.2) is 30.8 Å². The van der Waals surface area contributed by atoms with Gasteiger partial charge in [0, 0.05) is 19.0 Å². The number of hydrogen-bond donors (Lipinski definition) is 0. The van der Waals surface area contributed by atoms with Gasteiger partial charge in [-0.1, -0.05) is 18.2 Å². The predicted octanol–water partition coefficient (Wildman–Crippen LogP) is 4.88. The number of alkyl halides is 3. The Bertz CT molecular complexity index is 1080. The molecule has 2 aromatic carbocycles. The van der Waals surface area contributed by atoms with E-state index in [-0.39, 0.29) is 17.4 Å². The zero-order chi connectivity index (χ0) is 19.9. The van der Waals surface area contributed by atoms with Crippen molar-refractivity contribution in [2.45, 2.75) is 29.8 Å². The molecule has 1 aliphatic heterocycles. The van der Waals surface area contributed by atoms with Crippen molar-refractivity contribution in [1.82, 2.24) is 9.29 Å². The van der Waals surface area contributed by atoms with Gasteiger partial charge in [-0.25, -0.2) is 13.4 Å². The first-order valence-electron chi connectivity index (χ1n) is 8.78. The number of halogens is 3. The molecule has 0 saturated carbocycles. The van der Waals surface area contributed by atoms with Crippen LogP contribution in [0.2, 0.25) is 0 Å². The minimum absolute atomic E-state index is 0.0632. The van der Waals surface area contributed by atoms with E-state index in [4.69, 9.17) is 0 Å². The highest BCUT2D eigenvalue weighted by Gasteiger charge is 2.35. The summed E-state index contributed by atoms with van der Waals surface area (Å²) in [6.07, 6.45) is -3.15. The average molecular weight is 426 g/mol. The Morgan fingerprint density at radius 1 is 1.11 bits per heavy atom. The fourth-order valence-electron chi connectivity index (χ4n) is 3.41. The third-order valence-corrected chi connectivity index (χ3v) is 7.90. The molecule has 148 valence electrons. The van der Waals surface area contributed by atoms with Gasteiger partial charge in [-0.3, -0.25) is 0 Å². The molecule has 3 aromatic rings. The van der Waals surface area contributed by atoms with E-state index in [1.54, 1.807) is 0 Å². The topological polar surface area (TPSA) is 50.3 Å². The smallest absolute Gasteiger partial charge is 0.241 e. The molecule has 4 nitrogen and oxygen atoms in total. The zero-order valence-corrected chi connectivity index (χ0v) is 16.3. The van der Waals surface area contributed by atoms with E-state index in [9.17, 15) is 21.6 Å². The van der Waals surface area contributed by atoms with Gasteiger partial charge in [-0.05, 0) is 43.2 Å². The number of aromatic nitrogens is 1. The maximum absolute atomic E-state index is 13.0. The van der Waals surface area contributed by atoms with E-state index in [0.29, 0.717) is 19.0 Å². The summed E-state index contributed by atoms with van der Waals surface area (Å²) in [6.45, 7) is 0.512. The molecule has 2 heterocycles. The number of benzene rings is 2. The molecular weight excluding hydrogens is 409 g/mol. The number of piperidine rings is 1. The van der Waals surface area contributed by atoms with Gasteiger partial charge < -0.3 is 0 Å². The summed E-state index contributed by atoms with van der Waals surface area (Å²) < 4.78 is 67.1. The van der Waals surface area contributed by atoms with E-state index in [1.165, 1.54) is 21.7 Å². The SMILES string of the molecule is O=S(=O)(c1cccc(C(F)(F)F)c1)N1CCC[C@H](c2nc3ccccc3s2)C1. The zero-order valence-electron chi connectivity index (χ0n) is 14.7. The van der Waals surface area contributed by atoms with Crippen LogP contribution in [0, 0.1) is 0 Å². The van der Waals surface area contributed by atoms with Gasteiger partial charge in [0.15, 0.2) is 0 Å². The fraction of sp³-hybridized carbons (Fsp3) is 0.316. The second-order valence-corrected chi connectivity index (χ2v) is 9.75. The Morgan fingerprint density at radius 3 is 2.64 bits per heavy atom. The van der Waals surface area contributed by atoms with Crippen LogP contribution in [0.15, 0.2) is 53.4 Å². The van der Waals surface area contributed by atoms with Crippen molar-refractivity contribution < 1.29 is 21.6 Å². The minimum Gasteiger partial charge on any atom is -0.241 e. The number of thiazole rings is 1. The summed E-state index contributed by atoms with van der Waals surface area (Å²) in [5.74, 6) is -0.0632. The molecule has 28 heavy (non-hydrogen) atoms. The first-order chi connectivity index (χ1) is 13.2. The third kappa shape index (κ3) is 3.66. The van der Waals surface area contributed by atoms with Gasteiger partial charge >= 0.3 is 6.18 Å². The molecule has 0 spiro atoms. The number of fused-ring (bicyclic) bond motifs is 1. The largest absolute Gasteiger partial charge is 0.416 e. The molecule has 0 bridgehead atoms. The van der Waals surface area contributed by atoms with Crippen LogP contribution in [0.1, 0.15) is 29.3 Å². The molecule has 1 saturated heterocycles. The lowest BCUT2D eigenvalue weighted by atomic mass is 10.0. The lowest BCUT2D eigenvalue weighted by Gasteiger charge is -2.31. The van der Waals surface area contributed by atoms with E-state index in [0.717, 1.165) is 33.8 Å². The van der Waals surface area contributed by atoms with E-state index >= 15 is 0 Å². The van der Waals surface area contributed by atoms with Crippen LogP contribution >= 0.6 is 11.3 Å². The van der Waals surface area contributed by atoms with Gasteiger partial charge in [0.2, 0.25) is 10.0 Å². The first-order valence-corrected chi connectivity index (χ1v) is 11.0. The second-order valence-electron chi connectivity index (χ2n) is 6.75. The minimum atomic E-state index is -4.59. The van der Waals surface area contributed by atoms with Crippen molar-refractivity contribution in [3.63, 3.8) is 0 Å². The number of nitrogens with zero attached hydrogens (tertiary/aromatic N) is 2. The summed E-state index contributed by atoms with van der Waals surface area (Å²) in [6, 6.07) is 11.6. The molecule has 0 unspecified atom stereocenters. The third-order valence-electron chi connectivity index (χ3n) is 4.84. The molecule has 1 atom stereocenters. The van der Waals surface area contributed by atoms with Crippen molar-refractivity contribution in [2.24, 2.45) is 0 Å². The average Bonchev–Trinajstić information content (AvgIpc) is 3.12. The van der Waals surface area contributed by atoms with Crippen molar-refractivity contribution in [3.8, 4) is 0 Å². The predicted molar refractivity (Wildman–Crippen MR) is 102 cm³/mol. The van der Waals surface area contributed by atoms with Gasteiger partial charge in [-0.15, -0.1) is 11.3 Å². The highest BCUT2D eigenvalue weighted by atomic mass is 32.2. The van der Waals surface area contributed by atoms with Crippen LogP contribution in [0.5, 0.6) is 0 Å². The standard InChI is InChI=1S/C19H17F3N2O2S2/c20-19(21,22)14-6-3-7-15(11-14)28(25,26)24-10-4-5-13(12-24)18-23-16-8-1-2-9-17(16)27-18/h1-3,6-9,11,13H,4-5,10,12H2/t13-/m0/s1. The Kier molecular flexibility index (Phi) is 4.93. The second kappa shape index (κ2) is 7.13. The van der Waals surface area contributed by atoms with Crippen LogP contribution < -0.4 is 0 Å². The molecule has 0 radical (unpaired) electrons. The van der Waals surface area contributed by atoms with E-state index in [2.05, 4.69) is 4.98 Å². The molecule has 0 amide bonds. The molecule has 1 fully saturated rings. The lowest BCUT2D eigenvalue weighted by Crippen LogP contribution is -2.39. The monoisotopic (exact) mass is 426 g/mol. The lowest BCUT2D eigenvalue weighted by molar-refractivity contribution is -0.137. The van der Waals surface area contributed by atoms with Gasteiger partial charge in [0.25, 0.3) is 0 Å². The van der Waals surface area contributed by atoms with Crippen LogP contribution in [0.25, 0.3) is 10.2 Å². The van der Waals surface area contributed by atoms with Crippen LogP contribution in [-0.2, 0) is 16.2 Å². The number of hydrogen-bond acceptors (Lipinski definition) is 4. The Morgan fingerprint density at radius 2 is 1.89 bits per heavy atom. The Balaban J connectivity index is 1.62. The molecule has 0 N–H and O–H groups in total. The van der Waals surface area contributed by atoms with Crippen molar-refractivity contribution in [1.29, 1.82) is 0 Å². The van der Waals surface area contributed by atoms with Crippen molar-refractivity contribution in [3.05, 3.63) is 59.1 Å². The van der Waals surface area contributed by atoms with Gasteiger partial charge in [-0.2, -0.15) is 17.5 Å². The van der Waals surface area contributed by atoms with Crippen molar-refractivity contribution in [2.75, 3.05) is 13.1 Å². The summed E-state index contributed by atoms with van der Waals surface area (Å²) in [4.78, 5) is 4.29. The Labute approximate surface area is 164 Å². The normalized spacial score (nSPS) is 19.2. The summed E-state index contributed by atoms with van der Waals surface area (Å²) in [7, 11) is -4.01. The molecular formula is C19H17F3N2O2S2. The van der Waals surface area contributed by atoms with Crippen LogP contribution in [0.4, 0.5) is 13.2 Å². The highest BCUT2D eigenvalue weighted by molar-refractivity contribution is 7.89. The summed E-state index contributed by atoms with van der Waals surface area (Å²) in [5, 5.41) is 0.866. The Hall–Kier alpha value is -1.97. The quantitative estimate of drug-likeness (QED) is 0.600. The number of sulfonamides is 1. The number of rotatable bonds is 3. The molecule has 0 aliphatic carbocycles. The highest BCUT2D eigenvalue weighted by Crippen LogP contribution is 2.36. The molecule has 4 rings (SSSR count). The maximum Gasteiger partial charge on any atom is 0.416 e. The summed E-state index contributed by atoms with van der Waals surface area (Å²) in [5.41, 5.74) is -0.0892. The van der Waals surface area contributed by atoms with Crippen LogP contribution in [0.3, 0.4) is 0 Å². The number of para-hydroxylation sites is 1. The first kappa shape index (κ1) is 19.4. The van der Waals surface area contributed by atoms with E-state index < -0.39 is 21.8 Å². The van der Waals surface area contributed by atoms with Crippen molar-refractivity contribution >= 4 is 31.6 Å². The summed E-state index contributed by atoms with van der Waals surface area (Å²) >= 11 is 1.54. The van der Waals surface area contributed by atoms with Gasteiger partial charge in [0.05, 0.1) is 25.7 Å². The maximum atomic E-state index is 13.0. The van der Waals surface area contributed by atoms with Gasteiger partial charge in [0.1, 0.15) is 0 Å². The molecule has 1 aliphatic rings. The van der Waals surface area contributed by atoms with E-state index in [1.807, 2.05) is 24.3 Å². The molecule has 9 heteroatoms.